The van der Waals surface area contributed by atoms with Gasteiger partial charge in [0.25, 0.3) is 0 Å². The second-order valence-corrected chi connectivity index (χ2v) is 2.61. The summed E-state index contributed by atoms with van der Waals surface area (Å²) in [5.41, 5.74) is 0. The quantitative estimate of drug-likeness (QED) is 0.658. The molecule has 0 amide bonds. The topological polar surface area (TPSA) is 70.4 Å². The first-order valence-electron chi connectivity index (χ1n) is 2.55. The lowest BCUT2D eigenvalue weighted by atomic mass is 10.3. The molecule has 0 bridgehead atoms. The van der Waals surface area contributed by atoms with Crippen molar-refractivity contribution >= 4 is 17.5 Å². The van der Waals surface area contributed by atoms with Gasteiger partial charge in [0, 0.05) is 10.9 Å². The Morgan fingerprint density at radius 1 is 1.80 bits per heavy atom. The number of aromatic nitrogens is 1. The number of hydrogen-bond donors (Lipinski definition) is 2. The van der Waals surface area contributed by atoms with Gasteiger partial charge in [0.15, 0.2) is 0 Å². The first-order valence-corrected chi connectivity index (χ1v) is 3.32. The summed E-state index contributed by atoms with van der Waals surface area (Å²) >= 11 is 0.997. The van der Waals surface area contributed by atoms with Gasteiger partial charge in [-0.3, -0.25) is 4.79 Å². The normalized spacial score (nSPS) is 9.60. The van der Waals surface area contributed by atoms with Crippen LogP contribution in [0.15, 0.2) is 6.07 Å². The predicted octanol–water partition coefficient (Wildman–Crippen LogP) is 0.476. The van der Waals surface area contributed by atoms with E-state index in [-0.39, 0.29) is 12.3 Å². The predicted molar refractivity (Wildman–Crippen MR) is 35.1 cm³/mol. The molecule has 1 rings (SSSR count). The van der Waals surface area contributed by atoms with Crippen molar-refractivity contribution in [2.24, 2.45) is 0 Å². The molecule has 5 heteroatoms. The Morgan fingerprint density at radius 3 is 2.90 bits per heavy atom. The van der Waals surface area contributed by atoms with E-state index in [4.69, 9.17) is 10.2 Å². The summed E-state index contributed by atoms with van der Waals surface area (Å²) < 4.78 is 3.50. The Labute approximate surface area is 60.9 Å². The van der Waals surface area contributed by atoms with E-state index in [0.29, 0.717) is 4.88 Å². The Morgan fingerprint density at radius 2 is 2.50 bits per heavy atom. The van der Waals surface area contributed by atoms with Crippen LogP contribution in [0.2, 0.25) is 0 Å². The summed E-state index contributed by atoms with van der Waals surface area (Å²) in [5.74, 6) is -1.02. The van der Waals surface area contributed by atoms with Gasteiger partial charge in [-0.2, -0.15) is 4.37 Å². The third-order valence-corrected chi connectivity index (χ3v) is 1.65. The highest BCUT2D eigenvalue weighted by atomic mass is 32.1. The number of aromatic hydroxyl groups is 1. The van der Waals surface area contributed by atoms with Crippen LogP contribution in [0.3, 0.4) is 0 Å². The van der Waals surface area contributed by atoms with Crippen molar-refractivity contribution in [1.82, 2.24) is 4.37 Å². The third-order valence-electron chi connectivity index (χ3n) is 0.872. The minimum atomic E-state index is -0.913. The highest BCUT2D eigenvalue weighted by Gasteiger charge is 2.03. The number of carboxylic acid groups (broad SMARTS) is 1. The maximum absolute atomic E-state index is 10.1. The maximum Gasteiger partial charge on any atom is 0.308 e. The molecule has 0 atom stereocenters. The molecule has 1 aromatic rings. The number of aliphatic carboxylic acids is 1. The Hall–Kier alpha value is -1.10. The fraction of sp³-hybridized carbons (Fsp3) is 0.200. The largest absolute Gasteiger partial charge is 0.493 e. The van der Waals surface area contributed by atoms with Crippen molar-refractivity contribution in [2.45, 2.75) is 6.42 Å². The van der Waals surface area contributed by atoms with Gasteiger partial charge in [-0.15, -0.1) is 0 Å². The first kappa shape index (κ1) is 7.01. The van der Waals surface area contributed by atoms with E-state index < -0.39 is 5.97 Å². The second-order valence-electron chi connectivity index (χ2n) is 1.72. The summed E-state index contributed by atoms with van der Waals surface area (Å²) in [7, 11) is 0. The van der Waals surface area contributed by atoms with Crippen molar-refractivity contribution < 1.29 is 15.0 Å². The van der Waals surface area contributed by atoms with Crippen LogP contribution in [0.5, 0.6) is 5.88 Å². The average molecular weight is 159 g/mol. The van der Waals surface area contributed by atoms with Crippen LogP contribution in [0, 0.1) is 0 Å². The van der Waals surface area contributed by atoms with Crippen molar-refractivity contribution in [3.63, 3.8) is 0 Å². The van der Waals surface area contributed by atoms with Crippen LogP contribution >= 0.6 is 11.5 Å². The minimum absolute atomic E-state index is 0.0712. The highest BCUT2D eigenvalue weighted by Crippen LogP contribution is 2.14. The molecule has 0 unspecified atom stereocenters. The number of rotatable bonds is 2. The third kappa shape index (κ3) is 1.70. The lowest BCUT2D eigenvalue weighted by Gasteiger charge is -1.83. The molecule has 1 aromatic heterocycles. The number of hydrogen-bond acceptors (Lipinski definition) is 4. The summed E-state index contributed by atoms with van der Waals surface area (Å²) in [5, 5.41) is 16.9. The van der Waals surface area contributed by atoms with E-state index in [1.165, 1.54) is 6.07 Å². The van der Waals surface area contributed by atoms with Crippen molar-refractivity contribution in [3.05, 3.63) is 10.9 Å². The van der Waals surface area contributed by atoms with E-state index in [1.54, 1.807) is 0 Å². The Bertz CT molecular complexity index is 245. The van der Waals surface area contributed by atoms with Gasteiger partial charge in [-0.05, 0) is 11.5 Å². The zero-order chi connectivity index (χ0) is 7.56. The molecule has 0 aliphatic heterocycles. The summed E-state index contributed by atoms with van der Waals surface area (Å²) in [6, 6.07) is 1.35. The molecule has 4 nitrogen and oxygen atoms in total. The molecule has 54 valence electrons. The van der Waals surface area contributed by atoms with E-state index in [1.807, 2.05) is 0 Å². The number of carbonyl (C=O) groups is 1. The molecule has 0 aliphatic rings. The van der Waals surface area contributed by atoms with Crippen LogP contribution in [-0.2, 0) is 11.2 Å². The molecule has 0 fully saturated rings. The van der Waals surface area contributed by atoms with E-state index in [9.17, 15) is 4.79 Å². The molecule has 1 heterocycles. The second kappa shape index (κ2) is 2.66. The molecule has 0 saturated carbocycles. The first-order chi connectivity index (χ1) is 4.68. The summed E-state index contributed by atoms with van der Waals surface area (Å²) in [6.45, 7) is 0. The average Bonchev–Trinajstić information content (AvgIpc) is 2.13. The van der Waals surface area contributed by atoms with E-state index in [2.05, 4.69) is 4.37 Å². The lowest BCUT2D eigenvalue weighted by Crippen LogP contribution is -1.96. The van der Waals surface area contributed by atoms with Crippen molar-refractivity contribution in [2.75, 3.05) is 0 Å². The van der Waals surface area contributed by atoms with Gasteiger partial charge in [0.05, 0.1) is 6.42 Å². The van der Waals surface area contributed by atoms with Gasteiger partial charge in [0.1, 0.15) is 0 Å². The Kier molecular flexibility index (Phi) is 1.86. The van der Waals surface area contributed by atoms with Crippen molar-refractivity contribution in [1.29, 1.82) is 0 Å². The molecular weight excluding hydrogens is 154 g/mol. The van der Waals surface area contributed by atoms with Crippen LogP contribution < -0.4 is 0 Å². The molecule has 0 spiro atoms. The van der Waals surface area contributed by atoms with Crippen LogP contribution in [0.25, 0.3) is 0 Å². The van der Waals surface area contributed by atoms with Crippen molar-refractivity contribution in [3.8, 4) is 5.88 Å². The Balaban J connectivity index is 2.67. The molecule has 0 saturated heterocycles. The fourth-order valence-corrected chi connectivity index (χ4v) is 1.14. The standard InChI is InChI=1S/C5H5NO3S/c7-4-1-3(10-6-4)2-5(8)9/h1H,2H2,(H,6,7)(H,8,9). The van der Waals surface area contributed by atoms with Gasteiger partial charge < -0.3 is 10.2 Å². The molecule has 0 radical (unpaired) electrons. The lowest BCUT2D eigenvalue weighted by molar-refractivity contribution is -0.136. The van der Waals surface area contributed by atoms with E-state index >= 15 is 0 Å². The van der Waals surface area contributed by atoms with Gasteiger partial charge in [0.2, 0.25) is 5.88 Å². The minimum Gasteiger partial charge on any atom is -0.493 e. The van der Waals surface area contributed by atoms with Gasteiger partial charge in [-0.1, -0.05) is 0 Å². The van der Waals surface area contributed by atoms with E-state index in [0.717, 1.165) is 11.5 Å². The van der Waals surface area contributed by atoms with Crippen LogP contribution in [-0.4, -0.2) is 20.6 Å². The zero-order valence-corrected chi connectivity index (χ0v) is 5.76. The summed E-state index contributed by atoms with van der Waals surface area (Å²) in [6.07, 6.45) is -0.0712. The van der Waals surface area contributed by atoms with Gasteiger partial charge in [-0.25, -0.2) is 0 Å². The number of carboxylic acids is 1. The zero-order valence-electron chi connectivity index (χ0n) is 4.94. The highest BCUT2D eigenvalue weighted by molar-refractivity contribution is 7.06. The summed E-state index contributed by atoms with van der Waals surface area (Å²) in [4.78, 5) is 10.6. The van der Waals surface area contributed by atoms with Crippen LogP contribution in [0.1, 0.15) is 4.88 Å². The molecule has 0 aliphatic carbocycles. The molecular formula is C5H5NO3S. The monoisotopic (exact) mass is 159 g/mol. The van der Waals surface area contributed by atoms with Gasteiger partial charge >= 0.3 is 5.97 Å². The molecule has 10 heavy (non-hydrogen) atoms. The number of nitrogens with zero attached hydrogens (tertiary/aromatic N) is 1. The van der Waals surface area contributed by atoms with Crippen LogP contribution in [0.4, 0.5) is 0 Å². The fourth-order valence-electron chi connectivity index (χ4n) is 0.534. The maximum atomic E-state index is 10.1. The molecule has 0 aromatic carbocycles. The molecule has 2 N–H and O–H groups in total. The smallest absolute Gasteiger partial charge is 0.308 e. The SMILES string of the molecule is O=C(O)Cc1cc(O)ns1.